The highest BCUT2D eigenvalue weighted by molar-refractivity contribution is 6.35. The Morgan fingerprint density at radius 2 is 1.78 bits per heavy atom. The Morgan fingerprint density at radius 1 is 1.11 bits per heavy atom. The van der Waals surface area contributed by atoms with E-state index in [4.69, 9.17) is 9.47 Å². The van der Waals surface area contributed by atoms with Gasteiger partial charge in [-0.25, -0.2) is 9.79 Å². The number of hydrogen-bond donors (Lipinski definition) is 0. The van der Waals surface area contributed by atoms with Crippen molar-refractivity contribution in [2.45, 2.75) is 57.9 Å². The van der Waals surface area contributed by atoms with Gasteiger partial charge in [-0.05, 0) is 26.3 Å². The standard InChI is InChI=1S/C13H27NO3Si/c1-3-16-13(17-4-2)11-18-10-8-6-5-7-9-14-12-15/h13H,3-11,18H2,1-2H3. The van der Waals surface area contributed by atoms with E-state index in [2.05, 4.69) is 4.99 Å². The first-order valence-corrected chi connectivity index (χ1v) is 9.12. The molecule has 0 rings (SSSR count). The SMILES string of the molecule is CCOC(C[SiH2]CCCCCCN=C=O)OCC. The van der Waals surface area contributed by atoms with Gasteiger partial charge in [-0.2, -0.15) is 0 Å². The summed E-state index contributed by atoms with van der Waals surface area (Å²) in [6.07, 6.45) is 6.32. The Hall–Kier alpha value is -0.483. The molecule has 0 heterocycles. The molecule has 18 heavy (non-hydrogen) atoms. The van der Waals surface area contributed by atoms with Gasteiger partial charge in [0.25, 0.3) is 0 Å². The van der Waals surface area contributed by atoms with Gasteiger partial charge in [-0.15, -0.1) is 0 Å². The largest absolute Gasteiger partial charge is 0.353 e. The molecule has 0 aromatic rings. The maximum Gasteiger partial charge on any atom is 0.234 e. The van der Waals surface area contributed by atoms with Crippen molar-refractivity contribution in [1.29, 1.82) is 0 Å². The highest BCUT2D eigenvalue weighted by atomic mass is 28.2. The van der Waals surface area contributed by atoms with E-state index in [9.17, 15) is 4.79 Å². The van der Waals surface area contributed by atoms with Crippen molar-refractivity contribution in [3.63, 3.8) is 0 Å². The molecule has 0 aliphatic carbocycles. The maximum absolute atomic E-state index is 9.84. The summed E-state index contributed by atoms with van der Waals surface area (Å²) in [6.45, 7) is 6.12. The van der Waals surface area contributed by atoms with Crippen LogP contribution in [0.4, 0.5) is 0 Å². The lowest BCUT2D eigenvalue weighted by molar-refractivity contribution is -0.123. The van der Waals surface area contributed by atoms with Crippen molar-refractivity contribution in [3.8, 4) is 0 Å². The zero-order valence-electron chi connectivity index (χ0n) is 11.8. The van der Waals surface area contributed by atoms with Crippen molar-refractivity contribution in [2.24, 2.45) is 4.99 Å². The van der Waals surface area contributed by atoms with Crippen molar-refractivity contribution < 1.29 is 14.3 Å². The number of carbonyl (C=O) groups excluding carboxylic acids is 1. The van der Waals surface area contributed by atoms with Crippen LogP contribution in [0.3, 0.4) is 0 Å². The summed E-state index contributed by atoms with van der Waals surface area (Å²) >= 11 is 0. The van der Waals surface area contributed by atoms with Crippen LogP contribution in [0.15, 0.2) is 4.99 Å². The van der Waals surface area contributed by atoms with Crippen molar-refractivity contribution >= 4 is 15.6 Å². The third-order valence-corrected chi connectivity index (χ3v) is 4.61. The van der Waals surface area contributed by atoms with E-state index < -0.39 is 0 Å². The van der Waals surface area contributed by atoms with Crippen LogP contribution in [-0.4, -0.2) is 41.6 Å². The van der Waals surface area contributed by atoms with Gasteiger partial charge in [0, 0.05) is 22.7 Å². The van der Waals surface area contributed by atoms with Gasteiger partial charge in [0.15, 0.2) is 6.29 Å². The van der Waals surface area contributed by atoms with E-state index >= 15 is 0 Å². The molecule has 0 unspecified atom stereocenters. The lowest BCUT2D eigenvalue weighted by Gasteiger charge is -2.16. The van der Waals surface area contributed by atoms with Crippen LogP contribution in [-0.2, 0) is 14.3 Å². The summed E-state index contributed by atoms with van der Waals surface area (Å²) in [5, 5.41) is 0. The van der Waals surface area contributed by atoms with Crippen LogP contribution in [0.5, 0.6) is 0 Å². The van der Waals surface area contributed by atoms with Crippen LogP contribution in [0.1, 0.15) is 39.5 Å². The van der Waals surface area contributed by atoms with Crippen LogP contribution in [0.25, 0.3) is 0 Å². The van der Waals surface area contributed by atoms with E-state index in [1.54, 1.807) is 6.08 Å². The predicted molar refractivity (Wildman–Crippen MR) is 76.7 cm³/mol. The number of unbranched alkanes of at least 4 members (excludes halogenated alkanes) is 3. The molecule has 0 fully saturated rings. The van der Waals surface area contributed by atoms with Gasteiger partial charge >= 0.3 is 0 Å². The molecule has 0 saturated heterocycles. The van der Waals surface area contributed by atoms with E-state index in [0.29, 0.717) is 6.54 Å². The molecular formula is C13H27NO3Si. The average molecular weight is 273 g/mol. The molecule has 0 aliphatic heterocycles. The Morgan fingerprint density at radius 3 is 2.39 bits per heavy atom. The lowest BCUT2D eigenvalue weighted by atomic mass is 10.2. The molecule has 0 N–H and O–H groups in total. The molecule has 0 bridgehead atoms. The van der Waals surface area contributed by atoms with Gasteiger partial charge in [0.1, 0.15) is 0 Å². The van der Waals surface area contributed by atoms with Gasteiger partial charge in [-0.3, -0.25) is 0 Å². The zero-order chi connectivity index (χ0) is 13.5. The molecule has 0 atom stereocenters. The fraction of sp³-hybridized carbons (Fsp3) is 0.923. The molecule has 0 aliphatic rings. The summed E-state index contributed by atoms with van der Waals surface area (Å²) in [5.74, 6) is 0. The second-order valence-electron chi connectivity index (χ2n) is 4.22. The Kier molecular flexibility index (Phi) is 14.2. The molecule has 0 amide bonds. The summed E-state index contributed by atoms with van der Waals surface area (Å²) < 4.78 is 11.0. The summed E-state index contributed by atoms with van der Waals surface area (Å²) in [6, 6.07) is 2.48. The van der Waals surface area contributed by atoms with Crippen molar-refractivity contribution in [3.05, 3.63) is 0 Å². The second kappa shape index (κ2) is 14.6. The third kappa shape index (κ3) is 12.0. The number of rotatable bonds is 13. The van der Waals surface area contributed by atoms with Gasteiger partial charge in [-0.1, -0.05) is 25.3 Å². The number of hydrogen-bond acceptors (Lipinski definition) is 4. The molecule has 0 aromatic carbocycles. The minimum Gasteiger partial charge on any atom is -0.353 e. The van der Waals surface area contributed by atoms with Crippen LogP contribution < -0.4 is 0 Å². The number of isocyanates is 1. The van der Waals surface area contributed by atoms with E-state index in [-0.39, 0.29) is 15.8 Å². The minimum absolute atomic E-state index is 0.0357. The first-order chi connectivity index (χ1) is 8.85. The van der Waals surface area contributed by atoms with Crippen LogP contribution in [0.2, 0.25) is 12.1 Å². The van der Waals surface area contributed by atoms with Crippen LogP contribution >= 0.6 is 0 Å². The Bertz CT molecular complexity index is 214. The second-order valence-corrected chi connectivity index (χ2v) is 6.21. The van der Waals surface area contributed by atoms with E-state index in [0.717, 1.165) is 25.7 Å². The summed E-state index contributed by atoms with van der Waals surface area (Å²) in [7, 11) is -0.0564. The van der Waals surface area contributed by atoms with Gasteiger partial charge < -0.3 is 9.47 Å². The highest BCUT2D eigenvalue weighted by Gasteiger charge is 2.06. The van der Waals surface area contributed by atoms with Crippen molar-refractivity contribution in [2.75, 3.05) is 19.8 Å². The molecule has 0 saturated carbocycles. The van der Waals surface area contributed by atoms with Crippen molar-refractivity contribution in [1.82, 2.24) is 0 Å². The zero-order valence-corrected chi connectivity index (χ0v) is 13.2. The molecule has 0 aromatic heterocycles. The first-order valence-electron chi connectivity index (χ1n) is 7.12. The molecule has 106 valence electrons. The number of ether oxygens (including phenoxy) is 2. The van der Waals surface area contributed by atoms with Gasteiger partial charge in [0.05, 0.1) is 6.54 Å². The summed E-state index contributed by atoms with van der Waals surface area (Å²) in [4.78, 5) is 13.4. The highest BCUT2D eigenvalue weighted by Crippen LogP contribution is 2.07. The Labute approximate surface area is 113 Å². The fourth-order valence-electron chi connectivity index (χ4n) is 1.84. The predicted octanol–water partition coefficient (Wildman–Crippen LogP) is 2.29. The maximum atomic E-state index is 9.84. The lowest BCUT2D eigenvalue weighted by Crippen LogP contribution is -2.18. The number of nitrogens with zero attached hydrogens (tertiary/aromatic N) is 1. The van der Waals surface area contributed by atoms with E-state index in [1.165, 1.54) is 25.3 Å². The van der Waals surface area contributed by atoms with Gasteiger partial charge in [0.2, 0.25) is 6.08 Å². The Balaban J connectivity index is 3.29. The quantitative estimate of drug-likeness (QED) is 0.170. The normalized spacial score (nSPS) is 11.3. The van der Waals surface area contributed by atoms with Crippen LogP contribution in [0, 0.1) is 0 Å². The molecule has 0 spiro atoms. The smallest absolute Gasteiger partial charge is 0.234 e. The first kappa shape index (κ1) is 17.5. The fourth-order valence-corrected chi connectivity index (χ4v) is 3.50. The monoisotopic (exact) mass is 273 g/mol. The topological polar surface area (TPSA) is 47.9 Å². The summed E-state index contributed by atoms with van der Waals surface area (Å²) in [5.41, 5.74) is 0. The third-order valence-electron chi connectivity index (χ3n) is 2.73. The minimum atomic E-state index is -0.0564. The van der Waals surface area contributed by atoms with E-state index in [1.807, 2.05) is 13.8 Å². The molecule has 5 heteroatoms. The number of aliphatic imine (C=N–C) groups is 1. The molecular weight excluding hydrogens is 246 g/mol. The molecule has 4 nitrogen and oxygen atoms in total. The average Bonchev–Trinajstić information content (AvgIpc) is 2.37. The molecule has 0 radical (unpaired) electrons.